The van der Waals surface area contributed by atoms with Gasteiger partial charge in [-0.1, -0.05) is 30.7 Å². The summed E-state index contributed by atoms with van der Waals surface area (Å²) in [4.78, 5) is 34.5. The molecule has 2 N–H and O–H groups in total. The molecule has 6 nitrogen and oxygen atoms in total. The number of hydrogen-bond donors (Lipinski definition) is 2. The second kappa shape index (κ2) is 8.26. The van der Waals surface area contributed by atoms with Gasteiger partial charge in [0.1, 0.15) is 0 Å². The molecule has 0 fully saturated rings. The zero-order valence-electron chi connectivity index (χ0n) is 11.8. The molecule has 1 rings (SSSR count). The average molecular weight is 313 g/mol. The van der Waals surface area contributed by atoms with Crippen molar-refractivity contribution < 1.29 is 19.1 Å². The molecule has 0 radical (unpaired) electrons. The Hall–Kier alpha value is -2.08. The number of imide groups is 1. The predicted octanol–water partition coefficient (Wildman–Crippen LogP) is 2.12. The van der Waals surface area contributed by atoms with E-state index in [-0.39, 0.29) is 16.6 Å². The molecular weight excluding hydrogens is 296 g/mol. The quantitative estimate of drug-likeness (QED) is 0.816. The molecule has 0 saturated heterocycles. The van der Waals surface area contributed by atoms with Crippen molar-refractivity contribution in [1.29, 1.82) is 0 Å². The van der Waals surface area contributed by atoms with E-state index in [9.17, 15) is 14.4 Å². The van der Waals surface area contributed by atoms with Crippen LogP contribution in [0.3, 0.4) is 0 Å². The topological polar surface area (TPSA) is 84.5 Å². The van der Waals surface area contributed by atoms with E-state index in [1.54, 1.807) is 12.1 Å². The molecule has 0 aliphatic rings. The van der Waals surface area contributed by atoms with Crippen LogP contribution in [0.15, 0.2) is 24.3 Å². The van der Waals surface area contributed by atoms with Crippen molar-refractivity contribution in [3.05, 3.63) is 34.9 Å². The van der Waals surface area contributed by atoms with E-state index in [1.165, 1.54) is 12.1 Å². The first kappa shape index (κ1) is 17.0. The average Bonchev–Trinajstić information content (AvgIpc) is 2.44. The van der Waals surface area contributed by atoms with Crippen molar-refractivity contribution in [2.45, 2.75) is 26.3 Å². The van der Waals surface area contributed by atoms with Gasteiger partial charge in [-0.2, -0.15) is 0 Å². The SMILES string of the molecule is CC[C@@H](C)NC(=O)NC(=O)COC(=O)c1ccccc1Cl. The molecule has 0 bridgehead atoms. The van der Waals surface area contributed by atoms with E-state index in [2.05, 4.69) is 10.6 Å². The predicted molar refractivity (Wildman–Crippen MR) is 78.2 cm³/mol. The summed E-state index contributed by atoms with van der Waals surface area (Å²) in [7, 11) is 0. The number of amides is 3. The van der Waals surface area contributed by atoms with Gasteiger partial charge in [-0.25, -0.2) is 9.59 Å². The Balaban J connectivity index is 2.41. The highest BCUT2D eigenvalue weighted by Gasteiger charge is 2.15. The fraction of sp³-hybridized carbons (Fsp3) is 0.357. The number of halogens is 1. The summed E-state index contributed by atoms with van der Waals surface area (Å²) < 4.78 is 4.79. The van der Waals surface area contributed by atoms with Gasteiger partial charge in [0.15, 0.2) is 6.61 Å². The first-order valence-corrected chi connectivity index (χ1v) is 6.83. The number of urea groups is 1. The molecule has 0 heterocycles. The minimum Gasteiger partial charge on any atom is -0.452 e. The number of nitrogens with one attached hydrogen (secondary N) is 2. The minimum absolute atomic E-state index is 0.0523. The normalized spacial score (nSPS) is 11.4. The lowest BCUT2D eigenvalue weighted by Crippen LogP contribution is -2.44. The Morgan fingerprint density at radius 1 is 1.29 bits per heavy atom. The van der Waals surface area contributed by atoms with Gasteiger partial charge in [-0.05, 0) is 25.5 Å². The molecule has 0 aromatic heterocycles. The van der Waals surface area contributed by atoms with E-state index in [1.807, 2.05) is 13.8 Å². The van der Waals surface area contributed by atoms with Gasteiger partial charge in [0.25, 0.3) is 5.91 Å². The Morgan fingerprint density at radius 2 is 1.95 bits per heavy atom. The van der Waals surface area contributed by atoms with Crippen LogP contribution in [-0.4, -0.2) is 30.6 Å². The Bertz CT molecular complexity index is 533. The smallest absolute Gasteiger partial charge is 0.340 e. The van der Waals surface area contributed by atoms with Crippen molar-refractivity contribution in [3.63, 3.8) is 0 Å². The molecule has 7 heteroatoms. The summed E-state index contributed by atoms with van der Waals surface area (Å²) in [5.74, 6) is -1.44. The van der Waals surface area contributed by atoms with Crippen molar-refractivity contribution in [1.82, 2.24) is 10.6 Å². The highest BCUT2D eigenvalue weighted by atomic mass is 35.5. The Kier molecular flexibility index (Phi) is 6.68. The molecule has 3 amide bonds. The molecule has 0 spiro atoms. The van der Waals surface area contributed by atoms with E-state index in [4.69, 9.17) is 16.3 Å². The van der Waals surface area contributed by atoms with Crippen LogP contribution in [-0.2, 0) is 9.53 Å². The molecular formula is C14H17ClN2O4. The largest absolute Gasteiger partial charge is 0.452 e. The molecule has 0 aliphatic carbocycles. The second-order valence-corrected chi connectivity index (χ2v) is 4.79. The Morgan fingerprint density at radius 3 is 2.57 bits per heavy atom. The van der Waals surface area contributed by atoms with Crippen LogP contribution >= 0.6 is 11.6 Å². The first-order valence-electron chi connectivity index (χ1n) is 6.46. The van der Waals surface area contributed by atoms with Gasteiger partial charge in [0.2, 0.25) is 0 Å². The lowest BCUT2D eigenvalue weighted by atomic mass is 10.2. The van der Waals surface area contributed by atoms with Crippen molar-refractivity contribution in [2.75, 3.05) is 6.61 Å². The Labute approximate surface area is 127 Å². The molecule has 0 saturated carbocycles. The van der Waals surface area contributed by atoms with Crippen molar-refractivity contribution in [3.8, 4) is 0 Å². The lowest BCUT2D eigenvalue weighted by molar-refractivity contribution is -0.123. The summed E-state index contributed by atoms with van der Waals surface area (Å²) in [6.45, 7) is 3.15. The van der Waals surface area contributed by atoms with Crippen LogP contribution in [0.5, 0.6) is 0 Å². The van der Waals surface area contributed by atoms with Crippen LogP contribution in [0.4, 0.5) is 4.79 Å². The third-order valence-electron chi connectivity index (χ3n) is 2.67. The summed E-state index contributed by atoms with van der Waals surface area (Å²) in [6.07, 6.45) is 0.739. The maximum absolute atomic E-state index is 11.7. The van der Waals surface area contributed by atoms with Gasteiger partial charge >= 0.3 is 12.0 Å². The number of ether oxygens (including phenoxy) is 1. The van der Waals surface area contributed by atoms with Crippen LogP contribution in [0.1, 0.15) is 30.6 Å². The highest BCUT2D eigenvalue weighted by molar-refractivity contribution is 6.33. The first-order chi connectivity index (χ1) is 9.93. The molecule has 0 aliphatic heterocycles. The molecule has 114 valence electrons. The number of carbonyl (C=O) groups excluding carboxylic acids is 3. The van der Waals surface area contributed by atoms with Gasteiger partial charge in [-0.15, -0.1) is 0 Å². The van der Waals surface area contributed by atoms with Gasteiger partial charge in [0.05, 0.1) is 10.6 Å². The molecule has 1 aromatic carbocycles. The van der Waals surface area contributed by atoms with Gasteiger partial charge in [-0.3, -0.25) is 10.1 Å². The summed E-state index contributed by atoms with van der Waals surface area (Å²) >= 11 is 5.83. The number of hydrogen-bond acceptors (Lipinski definition) is 4. The molecule has 1 atom stereocenters. The fourth-order valence-electron chi connectivity index (χ4n) is 1.36. The second-order valence-electron chi connectivity index (χ2n) is 4.39. The van der Waals surface area contributed by atoms with E-state index < -0.39 is 24.5 Å². The van der Waals surface area contributed by atoms with Crippen LogP contribution < -0.4 is 10.6 Å². The van der Waals surface area contributed by atoms with Crippen molar-refractivity contribution in [2.24, 2.45) is 0 Å². The lowest BCUT2D eigenvalue weighted by Gasteiger charge is -2.11. The van der Waals surface area contributed by atoms with Crippen molar-refractivity contribution >= 4 is 29.5 Å². The van der Waals surface area contributed by atoms with E-state index in [0.717, 1.165) is 6.42 Å². The number of benzene rings is 1. The summed E-state index contributed by atoms with van der Waals surface area (Å²) in [6, 6.07) is 5.65. The van der Waals surface area contributed by atoms with Gasteiger partial charge < -0.3 is 10.1 Å². The summed E-state index contributed by atoms with van der Waals surface area (Å²) in [5, 5.41) is 4.86. The van der Waals surface area contributed by atoms with E-state index in [0.29, 0.717) is 0 Å². The minimum atomic E-state index is -0.724. The molecule has 0 unspecified atom stereocenters. The number of carbonyl (C=O) groups is 3. The van der Waals surface area contributed by atoms with E-state index >= 15 is 0 Å². The molecule has 1 aromatic rings. The number of rotatable bonds is 5. The van der Waals surface area contributed by atoms with Crippen LogP contribution in [0.2, 0.25) is 5.02 Å². The highest BCUT2D eigenvalue weighted by Crippen LogP contribution is 2.15. The number of esters is 1. The van der Waals surface area contributed by atoms with Crippen LogP contribution in [0, 0.1) is 0 Å². The van der Waals surface area contributed by atoms with Gasteiger partial charge in [0, 0.05) is 6.04 Å². The monoisotopic (exact) mass is 312 g/mol. The standard InChI is InChI=1S/C14H17ClN2O4/c1-3-9(2)16-14(20)17-12(18)8-21-13(19)10-6-4-5-7-11(10)15/h4-7,9H,3,8H2,1-2H3,(H2,16,17,18,20)/t9-/m1/s1. The fourth-order valence-corrected chi connectivity index (χ4v) is 1.57. The maximum atomic E-state index is 11.7. The third-order valence-corrected chi connectivity index (χ3v) is 3.00. The zero-order chi connectivity index (χ0) is 15.8. The molecule has 21 heavy (non-hydrogen) atoms. The summed E-state index contributed by atoms with van der Waals surface area (Å²) in [5.41, 5.74) is 0.163. The zero-order valence-corrected chi connectivity index (χ0v) is 12.6. The third kappa shape index (κ3) is 5.83. The van der Waals surface area contributed by atoms with Crippen LogP contribution in [0.25, 0.3) is 0 Å². The maximum Gasteiger partial charge on any atom is 0.340 e.